The summed E-state index contributed by atoms with van der Waals surface area (Å²) in [5.74, 6) is 0. The van der Waals surface area contributed by atoms with Crippen molar-refractivity contribution in [2.45, 2.75) is 37.9 Å². The molecule has 20 heavy (non-hydrogen) atoms. The molecular weight excluding hydrogens is 292 g/mol. The Bertz CT molecular complexity index is 580. The lowest BCUT2D eigenvalue weighted by molar-refractivity contribution is 0.121. The van der Waals surface area contributed by atoms with Crippen LogP contribution in [0.3, 0.4) is 0 Å². The van der Waals surface area contributed by atoms with Gasteiger partial charge in [0.15, 0.2) is 5.56 Å². The molecule has 0 saturated carbocycles. The number of benzene rings is 1. The van der Waals surface area contributed by atoms with Gasteiger partial charge in [-0.2, -0.15) is 5.10 Å². The van der Waals surface area contributed by atoms with Crippen LogP contribution in [0.1, 0.15) is 16.7 Å². The monoisotopic (exact) mass is 312 g/mol. The molecule has 0 aliphatic carbocycles. The van der Waals surface area contributed by atoms with E-state index in [4.69, 9.17) is 16.3 Å². The minimum absolute atomic E-state index is 0.0141. The molecule has 0 spiro atoms. The molecule has 2 aromatic rings. The largest absolute Gasteiger partial charge is 0.392 e. The third-order valence-corrected chi connectivity index (χ3v) is 5.33. The Balaban J connectivity index is 2.14. The fourth-order valence-corrected chi connectivity index (χ4v) is 3.00. The van der Waals surface area contributed by atoms with E-state index in [1.54, 1.807) is 6.20 Å². The Morgan fingerprint density at radius 3 is 2.80 bits per heavy atom. The van der Waals surface area contributed by atoms with Gasteiger partial charge in [-0.1, -0.05) is 43.4 Å². The Hall–Kier alpha value is -0.883. The molecule has 0 saturated heterocycles. The number of ether oxygens (including phenoxy) is 1. The summed E-state index contributed by atoms with van der Waals surface area (Å²) in [7, 11) is -1.12. The number of nitrogens with one attached hydrogen (secondary N) is 1. The van der Waals surface area contributed by atoms with Gasteiger partial charge in [0.05, 0.1) is 18.3 Å². The summed E-state index contributed by atoms with van der Waals surface area (Å²) in [5, 5.41) is 17.2. The Kier molecular flexibility index (Phi) is 4.85. The van der Waals surface area contributed by atoms with Gasteiger partial charge in [0.2, 0.25) is 0 Å². The van der Waals surface area contributed by atoms with Gasteiger partial charge >= 0.3 is 0 Å². The maximum atomic E-state index is 9.31. The number of halogens is 1. The zero-order chi connectivity index (χ0) is 14.8. The molecule has 6 heteroatoms. The lowest BCUT2D eigenvalue weighted by atomic mass is 10.1. The van der Waals surface area contributed by atoms with Gasteiger partial charge < -0.3 is 9.84 Å². The fourth-order valence-electron chi connectivity index (χ4n) is 2.00. The highest BCUT2D eigenvalue weighted by Crippen LogP contribution is 2.30. The van der Waals surface area contributed by atoms with Crippen LogP contribution in [-0.4, -0.2) is 30.0 Å². The summed E-state index contributed by atoms with van der Waals surface area (Å²) in [4.78, 5) is 0. The zero-order valence-corrected chi connectivity index (χ0v) is 13.9. The molecule has 4 nitrogen and oxygen atoms in total. The normalized spacial score (nSPS) is 13.8. The first kappa shape index (κ1) is 15.5. The number of H-pyrrole nitrogens is 1. The molecule has 2 N–H and O–H groups in total. The molecular formula is C14H21ClN2O2Si. The lowest BCUT2D eigenvalue weighted by Crippen LogP contribution is -2.21. The molecule has 1 aromatic heterocycles. The predicted octanol–water partition coefficient (Wildman–Crippen LogP) is 3.65. The Labute approximate surface area is 125 Å². The van der Waals surface area contributed by atoms with Crippen molar-refractivity contribution in [1.82, 2.24) is 10.2 Å². The molecule has 2 rings (SSSR count). The van der Waals surface area contributed by atoms with Gasteiger partial charge in [-0.3, -0.25) is 5.10 Å². The quantitative estimate of drug-likeness (QED) is 0.632. The number of aromatic amines is 1. The topological polar surface area (TPSA) is 58.1 Å². The van der Waals surface area contributed by atoms with E-state index in [9.17, 15) is 5.11 Å². The molecule has 1 aromatic carbocycles. The minimum atomic E-state index is -1.12. The van der Waals surface area contributed by atoms with E-state index >= 15 is 0 Å². The third kappa shape index (κ3) is 3.61. The number of aliphatic hydroxyl groups excluding tert-OH is 1. The second kappa shape index (κ2) is 6.26. The maximum Gasteiger partial charge on any atom is 0.158 e. The van der Waals surface area contributed by atoms with Gasteiger partial charge in [0.25, 0.3) is 0 Å². The number of rotatable bonds is 6. The van der Waals surface area contributed by atoms with E-state index in [0.717, 1.165) is 28.1 Å². The average Bonchev–Trinajstić information content (AvgIpc) is 2.84. The number of fused-ring (bicyclic) bond motifs is 1. The summed E-state index contributed by atoms with van der Waals surface area (Å²) in [5.41, 5.74) is 2.04. The smallest absolute Gasteiger partial charge is 0.158 e. The first-order valence-corrected chi connectivity index (χ1v) is 10.9. The van der Waals surface area contributed by atoms with Crippen LogP contribution in [0.2, 0.25) is 25.7 Å². The summed E-state index contributed by atoms with van der Waals surface area (Å²) in [6.45, 7) is 7.58. The van der Waals surface area contributed by atoms with E-state index < -0.39 is 13.6 Å². The van der Waals surface area contributed by atoms with E-state index in [2.05, 4.69) is 29.8 Å². The molecule has 0 fully saturated rings. The van der Waals surface area contributed by atoms with Gasteiger partial charge in [-0.25, -0.2) is 0 Å². The van der Waals surface area contributed by atoms with Crippen LogP contribution in [0.4, 0.5) is 0 Å². The van der Waals surface area contributed by atoms with Crippen LogP contribution in [0, 0.1) is 0 Å². The minimum Gasteiger partial charge on any atom is -0.392 e. The van der Waals surface area contributed by atoms with Crippen molar-refractivity contribution >= 4 is 30.6 Å². The number of alkyl halides is 1. The second-order valence-corrected chi connectivity index (χ2v) is 12.1. The Morgan fingerprint density at radius 1 is 1.40 bits per heavy atom. The first-order valence-electron chi connectivity index (χ1n) is 6.74. The molecule has 0 bridgehead atoms. The van der Waals surface area contributed by atoms with Crippen molar-refractivity contribution in [2.75, 3.05) is 6.61 Å². The van der Waals surface area contributed by atoms with Crippen LogP contribution < -0.4 is 0 Å². The number of aromatic nitrogens is 2. The first-order chi connectivity index (χ1) is 9.42. The molecule has 110 valence electrons. The van der Waals surface area contributed by atoms with Crippen molar-refractivity contribution in [2.24, 2.45) is 0 Å². The molecule has 1 unspecified atom stereocenters. The molecule has 1 heterocycles. The van der Waals surface area contributed by atoms with Crippen molar-refractivity contribution < 1.29 is 9.84 Å². The van der Waals surface area contributed by atoms with Gasteiger partial charge in [-0.15, -0.1) is 0 Å². The summed E-state index contributed by atoms with van der Waals surface area (Å²) >= 11 is 6.35. The van der Waals surface area contributed by atoms with E-state index in [0.29, 0.717) is 6.61 Å². The molecule has 0 amide bonds. The number of aliphatic hydroxyl groups is 1. The highest BCUT2D eigenvalue weighted by atomic mass is 35.5. The van der Waals surface area contributed by atoms with E-state index in [-0.39, 0.29) is 6.61 Å². The average molecular weight is 313 g/mol. The standard InChI is InChI=1S/C14H21ClN2O2Si/c1-20(2,3)7-6-19-14(15)11-5-4-10(9-18)12-8-16-17-13(11)12/h4-5,8,14,18H,6-7,9H2,1-3H3,(H,16,17). The lowest BCUT2D eigenvalue weighted by Gasteiger charge is -2.18. The predicted molar refractivity (Wildman–Crippen MR) is 84.7 cm³/mol. The molecule has 0 radical (unpaired) electrons. The maximum absolute atomic E-state index is 9.31. The van der Waals surface area contributed by atoms with Crippen molar-refractivity contribution in [3.63, 3.8) is 0 Å². The van der Waals surface area contributed by atoms with Crippen LogP contribution >= 0.6 is 11.6 Å². The molecule has 1 atom stereocenters. The third-order valence-electron chi connectivity index (χ3n) is 3.27. The number of nitrogens with zero attached hydrogens (tertiary/aromatic N) is 1. The Morgan fingerprint density at radius 2 is 2.15 bits per heavy atom. The summed E-state index contributed by atoms with van der Waals surface area (Å²) < 4.78 is 5.74. The van der Waals surface area contributed by atoms with Crippen LogP contribution in [0.25, 0.3) is 10.9 Å². The van der Waals surface area contributed by atoms with Gasteiger partial charge in [-0.05, 0) is 11.6 Å². The van der Waals surface area contributed by atoms with Gasteiger partial charge in [0.1, 0.15) is 0 Å². The highest BCUT2D eigenvalue weighted by molar-refractivity contribution is 6.76. The number of hydrogen-bond acceptors (Lipinski definition) is 3. The zero-order valence-electron chi connectivity index (χ0n) is 12.1. The molecule has 0 aliphatic heterocycles. The second-order valence-electron chi connectivity index (χ2n) is 6.13. The van der Waals surface area contributed by atoms with Crippen molar-refractivity contribution in [1.29, 1.82) is 0 Å². The van der Waals surface area contributed by atoms with E-state index in [1.165, 1.54) is 0 Å². The van der Waals surface area contributed by atoms with Crippen LogP contribution in [-0.2, 0) is 11.3 Å². The summed E-state index contributed by atoms with van der Waals surface area (Å²) in [6, 6.07) is 4.83. The summed E-state index contributed by atoms with van der Waals surface area (Å²) in [6.07, 6.45) is 1.70. The van der Waals surface area contributed by atoms with Crippen molar-refractivity contribution in [3.05, 3.63) is 29.5 Å². The highest BCUT2D eigenvalue weighted by Gasteiger charge is 2.17. The van der Waals surface area contributed by atoms with Crippen LogP contribution in [0.5, 0.6) is 0 Å². The number of hydrogen-bond donors (Lipinski definition) is 2. The molecule has 0 aliphatic rings. The van der Waals surface area contributed by atoms with E-state index in [1.807, 2.05) is 12.1 Å². The van der Waals surface area contributed by atoms with Crippen molar-refractivity contribution in [3.8, 4) is 0 Å². The van der Waals surface area contributed by atoms with Crippen LogP contribution in [0.15, 0.2) is 18.3 Å². The SMILES string of the molecule is C[Si](C)(C)CCOC(Cl)c1ccc(CO)c2cn[nH]c12. The van der Waals surface area contributed by atoms with Gasteiger partial charge in [0, 0.05) is 25.6 Å². The fraction of sp³-hybridized carbons (Fsp3) is 0.500.